The van der Waals surface area contributed by atoms with Gasteiger partial charge in [0.05, 0.1) is 11.8 Å². The van der Waals surface area contributed by atoms with Gasteiger partial charge in [0.25, 0.3) is 0 Å². The topological polar surface area (TPSA) is 65.5 Å². The van der Waals surface area contributed by atoms with Crippen LogP contribution in [0.3, 0.4) is 0 Å². The molecule has 0 radical (unpaired) electrons. The number of aliphatic hydroxyl groups is 1. The van der Waals surface area contributed by atoms with Gasteiger partial charge in [0.15, 0.2) is 0 Å². The number of carbonyl (C=O) groups excluding carboxylic acids is 1. The first kappa shape index (κ1) is 19.2. The number of carbonyl (C=O) groups is 1. The number of anilines is 3. The van der Waals surface area contributed by atoms with Gasteiger partial charge in [-0.15, -0.1) is 0 Å². The van der Waals surface area contributed by atoms with Crippen LogP contribution in [-0.2, 0) is 11.2 Å². The van der Waals surface area contributed by atoms with Crippen molar-refractivity contribution in [2.45, 2.75) is 25.4 Å². The number of nitrogens with one attached hydrogen (secondary N) is 1. The summed E-state index contributed by atoms with van der Waals surface area (Å²) in [5.41, 5.74) is 5.00. The number of hydrogen-bond donors (Lipinski definition) is 2. The second kappa shape index (κ2) is 8.88. The molecule has 2 N–H and O–H groups in total. The number of nitrogens with zero attached hydrogens (tertiary/aromatic N) is 2. The lowest BCUT2D eigenvalue weighted by Gasteiger charge is -2.32. The summed E-state index contributed by atoms with van der Waals surface area (Å²) < 4.78 is 0. The number of piperidine rings is 1. The maximum atomic E-state index is 10.7. The Hall–Kier alpha value is -3.18. The molecule has 3 aromatic rings. The zero-order valence-corrected chi connectivity index (χ0v) is 16.3. The summed E-state index contributed by atoms with van der Waals surface area (Å²) in [5.74, 6) is 0.774. The van der Waals surface area contributed by atoms with E-state index in [4.69, 9.17) is 4.98 Å². The molecule has 1 aliphatic heterocycles. The Morgan fingerprint density at radius 2 is 1.76 bits per heavy atom. The lowest BCUT2D eigenvalue weighted by molar-refractivity contribution is -0.107. The van der Waals surface area contributed by atoms with E-state index in [1.54, 1.807) is 0 Å². The minimum atomic E-state index is -0.204. The van der Waals surface area contributed by atoms with E-state index in [1.165, 1.54) is 0 Å². The third-order valence-electron chi connectivity index (χ3n) is 5.25. The van der Waals surface area contributed by atoms with Crippen LogP contribution in [0, 0.1) is 0 Å². The van der Waals surface area contributed by atoms with E-state index in [2.05, 4.69) is 34.5 Å². The Labute approximate surface area is 171 Å². The second-order valence-electron chi connectivity index (χ2n) is 7.37. The molecule has 29 heavy (non-hydrogen) atoms. The van der Waals surface area contributed by atoms with E-state index >= 15 is 0 Å². The highest BCUT2D eigenvalue weighted by atomic mass is 16.3. The lowest BCUT2D eigenvalue weighted by atomic mass is 10.1. The smallest absolute Gasteiger partial charge is 0.133 e. The maximum Gasteiger partial charge on any atom is 0.133 e. The quantitative estimate of drug-likeness (QED) is 0.621. The first-order valence-electron chi connectivity index (χ1n) is 10.0. The van der Waals surface area contributed by atoms with E-state index in [-0.39, 0.29) is 6.10 Å². The van der Waals surface area contributed by atoms with Gasteiger partial charge in [-0.3, -0.25) is 0 Å². The molecule has 0 bridgehead atoms. The largest absolute Gasteiger partial charge is 0.393 e. The fourth-order valence-corrected chi connectivity index (χ4v) is 3.61. The third kappa shape index (κ3) is 4.81. The number of hydrogen-bond acceptors (Lipinski definition) is 5. The van der Waals surface area contributed by atoms with Gasteiger partial charge in [-0.2, -0.15) is 0 Å². The Kier molecular flexibility index (Phi) is 5.86. The molecule has 0 atom stereocenters. The van der Waals surface area contributed by atoms with Crippen LogP contribution in [-0.4, -0.2) is 35.6 Å². The molecule has 0 saturated carbocycles. The summed E-state index contributed by atoms with van der Waals surface area (Å²) >= 11 is 0. The molecular formula is C24H25N3O2. The summed E-state index contributed by atoms with van der Waals surface area (Å²) in [7, 11) is 0. The molecule has 5 nitrogen and oxygen atoms in total. The summed E-state index contributed by atoms with van der Waals surface area (Å²) in [6.45, 7) is 1.67. The highest BCUT2D eigenvalue weighted by Crippen LogP contribution is 2.29. The fraction of sp³-hybridized carbons (Fsp3) is 0.250. The Balaban J connectivity index is 1.64. The van der Waals surface area contributed by atoms with Gasteiger partial charge >= 0.3 is 0 Å². The van der Waals surface area contributed by atoms with Crippen LogP contribution in [0.25, 0.3) is 11.3 Å². The van der Waals surface area contributed by atoms with Crippen molar-refractivity contribution in [1.82, 2.24) is 4.98 Å². The summed E-state index contributed by atoms with van der Waals surface area (Å²) in [6, 6.07) is 22.1. The molecular weight excluding hydrogens is 362 g/mol. The van der Waals surface area contributed by atoms with Crippen molar-refractivity contribution in [3.63, 3.8) is 0 Å². The molecule has 5 heteroatoms. The van der Waals surface area contributed by atoms with Crippen molar-refractivity contribution >= 4 is 23.5 Å². The minimum absolute atomic E-state index is 0.204. The van der Waals surface area contributed by atoms with Crippen LogP contribution >= 0.6 is 0 Å². The third-order valence-corrected chi connectivity index (χ3v) is 5.25. The molecule has 148 valence electrons. The molecule has 1 aromatic heterocycles. The van der Waals surface area contributed by atoms with Crippen molar-refractivity contribution in [2.24, 2.45) is 0 Å². The van der Waals surface area contributed by atoms with Gasteiger partial charge < -0.3 is 20.1 Å². The zero-order valence-electron chi connectivity index (χ0n) is 16.3. The standard InChI is InChI=1S/C24H25N3O2/c28-15-12-18-6-8-20(9-7-18)25-24-17-21(27-13-10-22(29)11-14-27)16-23(26-24)19-4-2-1-3-5-19/h1-9,15-17,22,29H,10-14H2,(H,25,26). The van der Waals surface area contributed by atoms with Gasteiger partial charge in [-0.05, 0) is 36.6 Å². The average Bonchev–Trinajstić information content (AvgIpc) is 2.76. The minimum Gasteiger partial charge on any atom is -0.393 e. The molecule has 1 saturated heterocycles. The van der Waals surface area contributed by atoms with Gasteiger partial charge in [-0.25, -0.2) is 4.98 Å². The maximum absolute atomic E-state index is 10.7. The molecule has 4 rings (SSSR count). The van der Waals surface area contributed by atoms with Gasteiger partial charge in [-0.1, -0.05) is 42.5 Å². The number of aliphatic hydroxyl groups excluding tert-OH is 1. The van der Waals surface area contributed by atoms with Crippen LogP contribution in [0.2, 0.25) is 0 Å². The van der Waals surface area contributed by atoms with Gasteiger partial charge in [0.1, 0.15) is 12.1 Å². The van der Waals surface area contributed by atoms with E-state index in [1.807, 2.05) is 42.5 Å². The number of aldehydes is 1. The highest BCUT2D eigenvalue weighted by molar-refractivity contribution is 5.71. The summed E-state index contributed by atoms with van der Waals surface area (Å²) in [6.07, 6.45) is 2.69. The molecule has 1 aliphatic rings. The number of benzene rings is 2. The van der Waals surface area contributed by atoms with Gasteiger partial charge in [0.2, 0.25) is 0 Å². The molecule has 2 aromatic carbocycles. The number of pyridine rings is 1. The fourth-order valence-electron chi connectivity index (χ4n) is 3.61. The van der Waals surface area contributed by atoms with Crippen LogP contribution in [0.4, 0.5) is 17.2 Å². The number of aromatic nitrogens is 1. The van der Waals surface area contributed by atoms with E-state index in [0.29, 0.717) is 6.42 Å². The Morgan fingerprint density at radius 3 is 2.45 bits per heavy atom. The van der Waals surface area contributed by atoms with E-state index in [9.17, 15) is 9.90 Å². The molecule has 1 fully saturated rings. The predicted octanol–water partition coefficient (Wildman–Crippen LogP) is 4.19. The second-order valence-corrected chi connectivity index (χ2v) is 7.37. The number of rotatable bonds is 6. The van der Waals surface area contributed by atoms with Crippen molar-refractivity contribution < 1.29 is 9.90 Å². The first-order valence-corrected chi connectivity index (χ1v) is 10.0. The lowest BCUT2D eigenvalue weighted by Crippen LogP contribution is -2.35. The van der Waals surface area contributed by atoms with E-state index in [0.717, 1.165) is 66.2 Å². The molecule has 0 amide bonds. The zero-order chi connectivity index (χ0) is 20.1. The summed E-state index contributed by atoms with van der Waals surface area (Å²) in [5, 5.41) is 13.2. The van der Waals surface area contributed by atoms with Crippen molar-refractivity contribution in [1.29, 1.82) is 0 Å². The van der Waals surface area contributed by atoms with Crippen LogP contribution in [0.1, 0.15) is 18.4 Å². The van der Waals surface area contributed by atoms with Crippen molar-refractivity contribution in [3.05, 3.63) is 72.3 Å². The monoisotopic (exact) mass is 387 g/mol. The van der Waals surface area contributed by atoms with Crippen LogP contribution in [0.15, 0.2) is 66.7 Å². The van der Waals surface area contributed by atoms with Crippen molar-refractivity contribution in [2.75, 3.05) is 23.3 Å². The molecule has 2 heterocycles. The van der Waals surface area contributed by atoms with Crippen LogP contribution in [0.5, 0.6) is 0 Å². The highest BCUT2D eigenvalue weighted by Gasteiger charge is 2.19. The van der Waals surface area contributed by atoms with E-state index < -0.39 is 0 Å². The summed E-state index contributed by atoms with van der Waals surface area (Å²) in [4.78, 5) is 17.8. The molecule has 0 spiro atoms. The SMILES string of the molecule is O=CCc1ccc(Nc2cc(N3CCC(O)CC3)cc(-c3ccccc3)n2)cc1. The predicted molar refractivity (Wildman–Crippen MR) is 117 cm³/mol. The Bertz CT molecular complexity index is 950. The normalized spacial score (nSPS) is 14.6. The molecule has 0 aliphatic carbocycles. The average molecular weight is 387 g/mol. The molecule has 0 unspecified atom stereocenters. The Morgan fingerprint density at radius 1 is 1.03 bits per heavy atom. The van der Waals surface area contributed by atoms with Crippen LogP contribution < -0.4 is 10.2 Å². The van der Waals surface area contributed by atoms with Gasteiger partial charge in [0, 0.05) is 42.5 Å². The first-order chi connectivity index (χ1) is 14.2. The van der Waals surface area contributed by atoms with Crippen molar-refractivity contribution in [3.8, 4) is 11.3 Å².